The van der Waals surface area contributed by atoms with Crippen molar-refractivity contribution in [3.8, 4) is 0 Å². The van der Waals surface area contributed by atoms with Crippen molar-refractivity contribution < 1.29 is 33.4 Å². The molecular formula is C22H24O7. The summed E-state index contributed by atoms with van der Waals surface area (Å²) in [7, 11) is 1.22. The van der Waals surface area contributed by atoms with Crippen LogP contribution in [0, 0.1) is 17.3 Å². The van der Waals surface area contributed by atoms with Crippen molar-refractivity contribution in [1.29, 1.82) is 0 Å². The molecule has 0 aliphatic heterocycles. The van der Waals surface area contributed by atoms with Gasteiger partial charge in [0.2, 0.25) is 0 Å². The zero-order valence-corrected chi connectivity index (χ0v) is 16.7. The highest BCUT2D eigenvalue weighted by Gasteiger charge is 2.62. The smallest absolute Gasteiger partial charge is 0.323 e. The SMILES string of the molecule is CCOC(=O)C1(C(=O)OCC)CC2=C(c3ccccc3)C(=O)[C@H](C(=O)OC)[C@H]2C1. The van der Waals surface area contributed by atoms with Gasteiger partial charge in [-0.2, -0.15) is 0 Å². The predicted molar refractivity (Wildman–Crippen MR) is 102 cm³/mol. The van der Waals surface area contributed by atoms with Crippen molar-refractivity contribution in [3.05, 3.63) is 41.5 Å². The first-order valence-electron chi connectivity index (χ1n) is 9.66. The maximum atomic E-state index is 13.1. The van der Waals surface area contributed by atoms with Gasteiger partial charge in [0.1, 0.15) is 5.92 Å². The van der Waals surface area contributed by atoms with Gasteiger partial charge in [-0.1, -0.05) is 35.9 Å². The van der Waals surface area contributed by atoms with Gasteiger partial charge in [0.25, 0.3) is 0 Å². The fourth-order valence-electron chi connectivity index (χ4n) is 4.38. The minimum Gasteiger partial charge on any atom is -0.468 e. The minimum absolute atomic E-state index is 0.0151. The number of methoxy groups -OCH3 is 1. The highest BCUT2D eigenvalue weighted by Crippen LogP contribution is 2.56. The number of fused-ring (bicyclic) bond motifs is 1. The molecule has 2 aliphatic rings. The van der Waals surface area contributed by atoms with Gasteiger partial charge in [0.15, 0.2) is 11.2 Å². The number of carbonyl (C=O) groups excluding carboxylic acids is 4. The van der Waals surface area contributed by atoms with Gasteiger partial charge < -0.3 is 14.2 Å². The molecule has 2 aliphatic carbocycles. The lowest BCUT2D eigenvalue weighted by Crippen LogP contribution is -2.41. The van der Waals surface area contributed by atoms with Crippen LogP contribution in [0.1, 0.15) is 32.3 Å². The number of hydrogen-bond donors (Lipinski definition) is 0. The second kappa shape index (κ2) is 8.19. The molecule has 0 N–H and O–H groups in total. The molecule has 0 spiro atoms. The van der Waals surface area contributed by atoms with Crippen molar-refractivity contribution in [3.63, 3.8) is 0 Å². The largest absolute Gasteiger partial charge is 0.468 e. The summed E-state index contributed by atoms with van der Waals surface area (Å²) in [6.07, 6.45) is -0.0410. The molecule has 0 bridgehead atoms. The molecule has 1 saturated carbocycles. The Morgan fingerprint density at radius 3 is 2.14 bits per heavy atom. The first-order valence-corrected chi connectivity index (χ1v) is 9.66. The molecule has 3 rings (SSSR count). The number of benzene rings is 1. The molecule has 7 heteroatoms. The summed E-state index contributed by atoms with van der Waals surface area (Å²) >= 11 is 0. The second-order valence-electron chi connectivity index (χ2n) is 7.14. The minimum atomic E-state index is -1.57. The van der Waals surface area contributed by atoms with E-state index >= 15 is 0 Å². The highest BCUT2D eigenvalue weighted by molar-refractivity contribution is 6.30. The molecule has 0 heterocycles. The Kier molecular flexibility index (Phi) is 5.86. The second-order valence-corrected chi connectivity index (χ2v) is 7.14. The summed E-state index contributed by atoms with van der Waals surface area (Å²) < 4.78 is 15.2. The van der Waals surface area contributed by atoms with E-state index in [1.54, 1.807) is 38.1 Å². The molecule has 1 fully saturated rings. The van der Waals surface area contributed by atoms with E-state index in [0.717, 1.165) is 0 Å². The normalized spacial score (nSPS) is 22.2. The third-order valence-corrected chi connectivity index (χ3v) is 5.61. The van der Waals surface area contributed by atoms with Crippen LogP contribution in [0.25, 0.3) is 5.57 Å². The number of Topliss-reactive ketones (excluding diaryl/α,β-unsaturated/α-hetero) is 1. The zero-order chi connectivity index (χ0) is 21.2. The van der Waals surface area contributed by atoms with Crippen molar-refractivity contribution in [1.82, 2.24) is 0 Å². The van der Waals surface area contributed by atoms with E-state index < -0.39 is 35.2 Å². The van der Waals surface area contributed by atoms with E-state index in [0.29, 0.717) is 16.7 Å². The van der Waals surface area contributed by atoms with Crippen LogP contribution >= 0.6 is 0 Å². The van der Waals surface area contributed by atoms with Crippen LogP contribution in [-0.4, -0.2) is 44.0 Å². The van der Waals surface area contributed by atoms with Crippen LogP contribution < -0.4 is 0 Å². The summed E-state index contributed by atoms with van der Waals surface area (Å²) in [5.74, 6) is -4.10. The van der Waals surface area contributed by atoms with Gasteiger partial charge >= 0.3 is 17.9 Å². The van der Waals surface area contributed by atoms with E-state index in [1.807, 2.05) is 6.07 Å². The van der Waals surface area contributed by atoms with Crippen molar-refractivity contribution >= 4 is 29.3 Å². The molecule has 1 aromatic rings. The summed E-state index contributed by atoms with van der Waals surface area (Å²) in [5, 5.41) is 0. The Morgan fingerprint density at radius 1 is 1.03 bits per heavy atom. The van der Waals surface area contributed by atoms with Gasteiger partial charge in [-0.25, -0.2) is 0 Å². The number of hydrogen-bond acceptors (Lipinski definition) is 7. The third-order valence-electron chi connectivity index (χ3n) is 5.61. The molecular weight excluding hydrogens is 376 g/mol. The Hall–Kier alpha value is -2.96. The first-order chi connectivity index (χ1) is 13.9. The Labute approximate surface area is 169 Å². The molecule has 2 atom stereocenters. The number of esters is 3. The molecule has 0 unspecified atom stereocenters. The lowest BCUT2D eigenvalue weighted by Gasteiger charge is -2.25. The van der Waals surface area contributed by atoms with E-state index in [9.17, 15) is 19.2 Å². The maximum Gasteiger partial charge on any atom is 0.323 e. The topological polar surface area (TPSA) is 96.0 Å². The molecule has 29 heavy (non-hydrogen) atoms. The average molecular weight is 400 g/mol. The van der Waals surface area contributed by atoms with Gasteiger partial charge in [-0.15, -0.1) is 0 Å². The molecule has 0 amide bonds. The van der Waals surface area contributed by atoms with Crippen LogP contribution in [-0.2, 0) is 33.4 Å². The Balaban J connectivity index is 2.15. The number of ether oxygens (including phenoxy) is 3. The van der Waals surface area contributed by atoms with E-state index in [4.69, 9.17) is 14.2 Å². The van der Waals surface area contributed by atoms with Gasteiger partial charge in [0, 0.05) is 11.5 Å². The average Bonchev–Trinajstić information content (AvgIpc) is 3.22. The van der Waals surface area contributed by atoms with Gasteiger partial charge in [0.05, 0.1) is 20.3 Å². The highest BCUT2D eigenvalue weighted by atomic mass is 16.6. The fraction of sp³-hybridized carbons (Fsp3) is 0.455. The summed E-state index contributed by atoms with van der Waals surface area (Å²) in [4.78, 5) is 51.3. The molecule has 1 aromatic carbocycles. The number of carbonyl (C=O) groups is 4. The van der Waals surface area contributed by atoms with Crippen molar-refractivity contribution in [2.75, 3.05) is 20.3 Å². The lowest BCUT2D eigenvalue weighted by atomic mass is 9.81. The van der Waals surface area contributed by atoms with E-state index in [1.165, 1.54) is 7.11 Å². The van der Waals surface area contributed by atoms with Gasteiger partial charge in [-0.05, 0) is 32.3 Å². The first kappa shape index (κ1) is 20.8. The third kappa shape index (κ3) is 3.34. The summed E-state index contributed by atoms with van der Waals surface area (Å²) in [6.45, 7) is 3.52. The number of allylic oxidation sites excluding steroid dienone is 2. The molecule has 0 aromatic heterocycles. The van der Waals surface area contributed by atoms with Crippen LogP contribution in [0.2, 0.25) is 0 Å². The summed E-state index contributed by atoms with van der Waals surface area (Å²) in [6, 6.07) is 8.93. The number of ketones is 1. The Bertz CT molecular complexity index is 850. The monoisotopic (exact) mass is 400 g/mol. The molecule has 154 valence electrons. The molecule has 7 nitrogen and oxygen atoms in total. The summed E-state index contributed by atoms with van der Waals surface area (Å²) in [5.41, 5.74) is 0.0607. The maximum absolute atomic E-state index is 13.1. The standard InChI is InChI=1S/C22H24O7/c1-4-28-20(25)22(21(26)29-5-2)11-14-15(12-22)17(19(24)27-3)18(23)16(14)13-9-7-6-8-10-13/h6-10,15,17H,4-5,11-12H2,1-3H3/t15-,17+/m0/s1. The zero-order valence-electron chi connectivity index (χ0n) is 16.7. The number of rotatable bonds is 6. The quantitative estimate of drug-likeness (QED) is 0.411. The molecule has 0 radical (unpaired) electrons. The van der Waals surface area contributed by atoms with E-state index in [-0.39, 0.29) is 31.8 Å². The van der Waals surface area contributed by atoms with Crippen molar-refractivity contribution in [2.45, 2.75) is 26.7 Å². The van der Waals surface area contributed by atoms with Gasteiger partial charge in [-0.3, -0.25) is 19.2 Å². The van der Waals surface area contributed by atoms with Crippen LogP contribution in [0.15, 0.2) is 35.9 Å². The predicted octanol–water partition coefficient (Wildman–Crippen LogP) is 2.33. The fourth-order valence-corrected chi connectivity index (χ4v) is 4.38. The van der Waals surface area contributed by atoms with Crippen molar-refractivity contribution in [2.24, 2.45) is 17.3 Å². The van der Waals surface area contributed by atoms with Crippen LogP contribution in [0.5, 0.6) is 0 Å². The lowest BCUT2D eigenvalue weighted by molar-refractivity contribution is -0.172. The Morgan fingerprint density at radius 2 is 1.62 bits per heavy atom. The van der Waals surface area contributed by atoms with E-state index in [2.05, 4.69) is 0 Å². The van der Waals surface area contributed by atoms with Crippen LogP contribution in [0.3, 0.4) is 0 Å². The molecule has 0 saturated heterocycles. The van der Waals surface area contributed by atoms with Crippen LogP contribution in [0.4, 0.5) is 0 Å².